The fourth-order valence-electron chi connectivity index (χ4n) is 1.56. The summed E-state index contributed by atoms with van der Waals surface area (Å²) in [6.07, 6.45) is 6.54. The Labute approximate surface area is 89.7 Å². The van der Waals surface area contributed by atoms with Gasteiger partial charge in [0.2, 0.25) is 0 Å². The summed E-state index contributed by atoms with van der Waals surface area (Å²) in [6, 6.07) is 0. The van der Waals surface area contributed by atoms with E-state index in [1.165, 1.54) is 16.3 Å². The summed E-state index contributed by atoms with van der Waals surface area (Å²) < 4.78 is 0. The Kier molecular flexibility index (Phi) is 2.64. The van der Waals surface area contributed by atoms with E-state index in [1.807, 2.05) is 0 Å². The molecule has 0 saturated carbocycles. The summed E-state index contributed by atoms with van der Waals surface area (Å²) in [6.45, 7) is 6.59. The van der Waals surface area contributed by atoms with Crippen molar-refractivity contribution in [1.29, 1.82) is 0 Å². The van der Waals surface area contributed by atoms with Gasteiger partial charge in [-0.15, -0.1) is 0 Å². The maximum absolute atomic E-state index is 4.71. The maximum atomic E-state index is 4.71. The average molecular weight is 205 g/mol. The molecule has 14 heavy (non-hydrogen) atoms. The van der Waals surface area contributed by atoms with Crippen LogP contribution in [0.5, 0.6) is 0 Å². The molecule has 0 N–H and O–H groups in total. The first-order valence-electron chi connectivity index (χ1n) is 5.02. The number of hydrogen-bond donors (Lipinski definition) is 0. The van der Waals surface area contributed by atoms with Crippen LogP contribution in [0.2, 0.25) is 0 Å². The van der Waals surface area contributed by atoms with E-state index < -0.39 is 0 Å². The van der Waals surface area contributed by atoms with E-state index in [-0.39, 0.29) is 0 Å². The highest BCUT2D eigenvalue weighted by molar-refractivity contribution is 8.16. The van der Waals surface area contributed by atoms with E-state index in [0.29, 0.717) is 11.8 Å². The molecule has 0 aromatic rings. The van der Waals surface area contributed by atoms with Crippen molar-refractivity contribution < 1.29 is 0 Å². The van der Waals surface area contributed by atoms with Gasteiger partial charge in [0, 0.05) is 11.6 Å². The quantitative estimate of drug-likeness (QED) is 0.635. The molecule has 74 valence electrons. The van der Waals surface area contributed by atoms with E-state index in [2.05, 4.69) is 44.4 Å². The van der Waals surface area contributed by atoms with Gasteiger partial charge in [-0.2, -0.15) is 0 Å². The number of fused-ring (bicyclic) bond motifs is 2. The fourth-order valence-corrected chi connectivity index (χ4v) is 2.42. The first kappa shape index (κ1) is 9.78. The highest BCUT2D eigenvalue weighted by Crippen LogP contribution is 2.32. The van der Waals surface area contributed by atoms with Gasteiger partial charge in [0.15, 0.2) is 0 Å². The van der Waals surface area contributed by atoms with Crippen LogP contribution in [0, 0.1) is 11.8 Å². The van der Waals surface area contributed by atoms with E-state index in [0.717, 1.165) is 0 Å². The first-order valence-corrected chi connectivity index (χ1v) is 5.90. The molecule has 2 aliphatic heterocycles. The normalized spacial score (nSPS) is 25.4. The number of nitrogens with zero attached hydrogens (tertiary/aromatic N) is 1. The highest BCUT2D eigenvalue weighted by atomic mass is 32.2. The Morgan fingerprint density at radius 1 is 1.36 bits per heavy atom. The molecule has 1 unspecified atom stereocenters. The number of hydrogen-bond acceptors (Lipinski definition) is 2. The molecule has 0 radical (unpaired) electrons. The van der Waals surface area contributed by atoms with Crippen LogP contribution in [0.3, 0.4) is 0 Å². The molecule has 0 fully saturated rings. The van der Waals surface area contributed by atoms with Gasteiger partial charge >= 0.3 is 0 Å². The minimum Gasteiger partial charge on any atom is -0.250 e. The van der Waals surface area contributed by atoms with Crippen LogP contribution in [-0.4, -0.2) is 5.04 Å². The van der Waals surface area contributed by atoms with Gasteiger partial charge in [-0.1, -0.05) is 44.7 Å². The number of thioether (sulfide) groups is 1. The standard InChI is InChI=1S/C12H15NS/c1-8(2)11-5-4-10-6-7-14-12(13-11)9(10)3/h4-9H,1-3H3. The minimum absolute atomic E-state index is 0.470. The summed E-state index contributed by atoms with van der Waals surface area (Å²) in [5, 5.41) is 3.36. The SMILES string of the molecule is CC(C)C1=CC=C2C=CSC(=N1)C2C. The van der Waals surface area contributed by atoms with Crippen molar-refractivity contribution >= 4 is 16.8 Å². The second kappa shape index (κ2) is 3.77. The second-order valence-corrected chi connectivity index (χ2v) is 4.93. The van der Waals surface area contributed by atoms with E-state index in [4.69, 9.17) is 4.99 Å². The lowest BCUT2D eigenvalue weighted by atomic mass is 10.0. The highest BCUT2D eigenvalue weighted by Gasteiger charge is 2.20. The predicted octanol–water partition coefficient (Wildman–Crippen LogP) is 3.76. The maximum Gasteiger partial charge on any atom is 0.0848 e. The summed E-state index contributed by atoms with van der Waals surface area (Å²) >= 11 is 1.75. The monoisotopic (exact) mass is 205 g/mol. The summed E-state index contributed by atoms with van der Waals surface area (Å²) in [5.41, 5.74) is 2.57. The molecule has 0 aromatic heterocycles. The number of aliphatic imine (C=N–C) groups is 1. The molecule has 0 amide bonds. The summed E-state index contributed by atoms with van der Waals surface area (Å²) in [4.78, 5) is 4.71. The molecular formula is C12H15NS. The molecule has 2 bridgehead atoms. The number of allylic oxidation sites excluding steroid dienone is 5. The molecule has 1 atom stereocenters. The van der Waals surface area contributed by atoms with E-state index in [9.17, 15) is 0 Å². The van der Waals surface area contributed by atoms with Crippen molar-refractivity contribution in [2.45, 2.75) is 20.8 Å². The fraction of sp³-hybridized carbons (Fsp3) is 0.417. The first-order chi connectivity index (χ1) is 6.68. The molecule has 0 saturated heterocycles. The van der Waals surface area contributed by atoms with Crippen LogP contribution in [-0.2, 0) is 0 Å². The van der Waals surface area contributed by atoms with Crippen molar-refractivity contribution in [3.8, 4) is 0 Å². The van der Waals surface area contributed by atoms with Gasteiger partial charge in [0.1, 0.15) is 0 Å². The summed E-state index contributed by atoms with van der Waals surface area (Å²) in [7, 11) is 0. The lowest BCUT2D eigenvalue weighted by Crippen LogP contribution is -2.11. The zero-order valence-electron chi connectivity index (χ0n) is 8.82. The van der Waals surface area contributed by atoms with Crippen molar-refractivity contribution in [3.05, 3.63) is 34.9 Å². The number of rotatable bonds is 1. The lowest BCUT2D eigenvalue weighted by Gasteiger charge is -2.17. The second-order valence-electron chi connectivity index (χ2n) is 4.01. The molecule has 2 heterocycles. The van der Waals surface area contributed by atoms with Crippen LogP contribution >= 0.6 is 11.8 Å². The molecule has 0 aromatic carbocycles. The zero-order chi connectivity index (χ0) is 10.1. The molecule has 1 nitrogen and oxygen atoms in total. The Hall–Kier alpha value is -0.760. The smallest absolute Gasteiger partial charge is 0.0848 e. The Balaban J connectivity index is 2.44. The van der Waals surface area contributed by atoms with Crippen LogP contribution in [0.15, 0.2) is 39.9 Å². The predicted molar refractivity (Wildman–Crippen MR) is 64.3 cm³/mol. The van der Waals surface area contributed by atoms with Crippen molar-refractivity contribution in [3.63, 3.8) is 0 Å². The van der Waals surface area contributed by atoms with Crippen LogP contribution < -0.4 is 0 Å². The van der Waals surface area contributed by atoms with E-state index in [1.54, 1.807) is 11.8 Å². The molecule has 0 spiro atoms. The van der Waals surface area contributed by atoms with Crippen LogP contribution in [0.1, 0.15) is 20.8 Å². The van der Waals surface area contributed by atoms with Gasteiger partial charge in [-0.05, 0) is 23.0 Å². The third-order valence-electron chi connectivity index (χ3n) is 2.60. The molecular weight excluding hydrogens is 190 g/mol. The lowest BCUT2D eigenvalue weighted by molar-refractivity contribution is 0.758. The molecule has 2 heteroatoms. The molecule has 0 aliphatic carbocycles. The van der Waals surface area contributed by atoms with Gasteiger partial charge in [0.05, 0.1) is 5.04 Å². The van der Waals surface area contributed by atoms with Gasteiger partial charge in [-0.3, -0.25) is 0 Å². The Bertz CT molecular complexity index is 359. The van der Waals surface area contributed by atoms with Gasteiger partial charge in [0.25, 0.3) is 0 Å². The van der Waals surface area contributed by atoms with Crippen molar-refractivity contribution in [2.24, 2.45) is 16.8 Å². The van der Waals surface area contributed by atoms with E-state index >= 15 is 0 Å². The summed E-state index contributed by atoms with van der Waals surface area (Å²) in [5.74, 6) is 0.976. The van der Waals surface area contributed by atoms with Gasteiger partial charge < -0.3 is 0 Å². The van der Waals surface area contributed by atoms with Gasteiger partial charge in [-0.25, -0.2) is 4.99 Å². The average Bonchev–Trinajstić information content (AvgIpc) is 2.26. The third kappa shape index (κ3) is 1.71. The topological polar surface area (TPSA) is 12.4 Å². The van der Waals surface area contributed by atoms with Crippen LogP contribution in [0.25, 0.3) is 0 Å². The Morgan fingerprint density at radius 2 is 2.14 bits per heavy atom. The zero-order valence-corrected chi connectivity index (χ0v) is 9.64. The minimum atomic E-state index is 0.470. The van der Waals surface area contributed by atoms with Crippen molar-refractivity contribution in [2.75, 3.05) is 0 Å². The Morgan fingerprint density at radius 3 is 2.86 bits per heavy atom. The largest absolute Gasteiger partial charge is 0.250 e. The van der Waals surface area contributed by atoms with Crippen molar-refractivity contribution in [1.82, 2.24) is 0 Å². The molecule has 2 aliphatic rings. The van der Waals surface area contributed by atoms with Crippen LogP contribution in [0.4, 0.5) is 0 Å². The molecule has 2 rings (SSSR count). The third-order valence-corrected chi connectivity index (χ3v) is 3.56.